The van der Waals surface area contributed by atoms with Gasteiger partial charge in [0.05, 0.1) is 0 Å². The summed E-state index contributed by atoms with van der Waals surface area (Å²) in [5, 5.41) is 28.2. The number of unbranched alkanes of at least 4 members (excludes halogenated alkanes) is 4. The van der Waals surface area contributed by atoms with Crippen molar-refractivity contribution in [1.82, 2.24) is 0 Å². The lowest BCUT2D eigenvalue weighted by molar-refractivity contribution is 0.0868. The van der Waals surface area contributed by atoms with Gasteiger partial charge in [-0.1, -0.05) is 62.8 Å². The molecule has 0 saturated heterocycles. The van der Waals surface area contributed by atoms with Crippen LogP contribution < -0.4 is 0 Å². The molecule has 3 nitrogen and oxygen atoms in total. The lowest BCUT2D eigenvalue weighted by Crippen LogP contribution is -2.21. The van der Waals surface area contributed by atoms with Crippen molar-refractivity contribution in [2.75, 3.05) is 0 Å². The van der Waals surface area contributed by atoms with Crippen molar-refractivity contribution in [3.05, 3.63) is 24.8 Å². The maximum atomic E-state index is 9.62. The zero-order chi connectivity index (χ0) is 15.2. The normalized spacial score (nSPS) is 14.6. The Kier molecular flexibility index (Phi) is 11.6. The molecule has 3 atom stereocenters. The van der Waals surface area contributed by atoms with Gasteiger partial charge in [0.25, 0.3) is 0 Å². The van der Waals surface area contributed by atoms with Crippen LogP contribution in [-0.2, 0) is 0 Å². The predicted molar refractivity (Wildman–Crippen MR) is 81.7 cm³/mol. The molecular weight excluding hydrogens is 252 g/mol. The van der Waals surface area contributed by atoms with Crippen LogP contribution in [0, 0.1) is 23.7 Å². The quantitative estimate of drug-likeness (QED) is 0.360. The third-order valence-electron chi connectivity index (χ3n) is 2.61. The van der Waals surface area contributed by atoms with Crippen molar-refractivity contribution in [3.8, 4) is 23.7 Å². The second kappa shape index (κ2) is 12.5. The minimum absolute atomic E-state index is 0.891. The van der Waals surface area contributed by atoms with E-state index in [-0.39, 0.29) is 0 Å². The summed E-state index contributed by atoms with van der Waals surface area (Å²) in [5.74, 6) is 9.58. The molecule has 0 bridgehead atoms. The Labute approximate surface area is 122 Å². The molecule has 0 saturated carbocycles. The third-order valence-corrected chi connectivity index (χ3v) is 2.61. The predicted octanol–water partition coefficient (Wildman–Crippen LogP) is 1.79. The molecule has 0 aromatic carbocycles. The highest BCUT2D eigenvalue weighted by molar-refractivity contribution is 5.30. The van der Waals surface area contributed by atoms with Crippen molar-refractivity contribution in [2.24, 2.45) is 0 Å². The van der Waals surface area contributed by atoms with Gasteiger partial charge >= 0.3 is 0 Å². The van der Waals surface area contributed by atoms with Crippen molar-refractivity contribution >= 4 is 0 Å². The number of hydrogen-bond donors (Lipinski definition) is 3. The molecule has 0 radical (unpaired) electrons. The summed E-state index contributed by atoms with van der Waals surface area (Å²) in [6.07, 6.45) is 7.16. The van der Waals surface area contributed by atoms with Crippen LogP contribution >= 0.6 is 0 Å². The Hall–Kier alpha value is -1.52. The van der Waals surface area contributed by atoms with Crippen molar-refractivity contribution < 1.29 is 15.3 Å². The van der Waals surface area contributed by atoms with E-state index in [1.165, 1.54) is 25.3 Å². The fraction of sp³-hybridized carbons (Fsp3) is 0.529. The molecule has 0 aliphatic rings. The van der Waals surface area contributed by atoms with Gasteiger partial charge in [-0.25, -0.2) is 0 Å². The maximum Gasteiger partial charge on any atom is 0.145 e. The molecule has 0 aliphatic carbocycles. The third kappa shape index (κ3) is 10.4. The summed E-state index contributed by atoms with van der Waals surface area (Å²) in [7, 11) is 0. The molecule has 0 rings (SSSR count). The van der Waals surface area contributed by atoms with Gasteiger partial charge in [-0.3, -0.25) is 0 Å². The van der Waals surface area contributed by atoms with Gasteiger partial charge in [-0.15, -0.1) is 0 Å². The Morgan fingerprint density at radius 1 is 1.05 bits per heavy atom. The molecule has 0 spiro atoms. The summed E-state index contributed by atoms with van der Waals surface area (Å²) in [6.45, 7) is 5.52. The fourth-order valence-corrected chi connectivity index (χ4v) is 1.39. The molecule has 0 heterocycles. The molecule has 0 aromatic heterocycles. The van der Waals surface area contributed by atoms with E-state index < -0.39 is 18.3 Å². The smallest absolute Gasteiger partial charge is 0.145 e. The molecule has 0 aromatic rings. The number of aliphatic hydroxyl groups excluding tert-OH is 3. The van der Waals surface area contributed by atoms with Crippen LogP contribution in [0.4, 0.5) is 0 Å². The average molecular weight is 276 g/mol. The van der Waals surface area contributed by atoms with E-state index >= 15 is 0 Å². The molecule has 3 N–H and O–H groups in total. The highest BCUT2D eigenvalue weighted by Crippen LogP contribution is 2.04. The Balaban J connectivity index is 4.04. The first-order chi connectivity index (χ1) is 9.61. The van der Waals surface area contributed by atoms with Crippen molar-refractivity contribution in [3.63, 3.8) is 0 Å². The van der Waals surface area contributed by atoms with Crippen LogP contribution in [0.2, 0.25) is 0 Å². The highest BCUT2D eigenvalue weighted by Gasteiger charge is 2.08. The minimum atomic E-state index is -1.17. The highest BCUT2D eigenvalue weighted by atomic mass is 16.3. The van der Waals surface area contributed by atoms with E-state index in [0.29, 0.717) is 0 Å². The summed E-state index contributed by atoms with van der Waals surface area (Å²) in [4.78, 5) is 0. The van der Waals surface area contributed by atoms with Gasteiger partial charge in [0.15, 0.2) is 0 Å². The molecular formula is C17H24O3. The molecule has 0 amide bonds. The van der Waals surface area contributed by atoms with E-state index in [1.807, 2.05) is 6.08 Å². The topological polar surface area (TPSA) is 60.7 Å². The summed E-state index contributed by atoms with van der Waals surface area (Å²) in [5.41, 5.74) is 0. The molecule has 0 aliphatic heterocycles. The summed E-state index contributed by atoms with van der Waals surface area (Å²) < 4.78 is 0. The van der Waals surface area contributed by atoms with Crippen LogP contribution in [0.25, 0.3) is 0 Å². The van der Waals surface area contributed by atoms with Gasteiger partial charge < -0.3 is 15.3 Å². The standard InChI is InChI=1S/C17H24O3/c1-3-5-6-7-8-9-13-16(19)17(20)14-11-10-12-15(18)4-2/h4,9,13,15-20H,2-3,5-8H2,1H3/b13-9+. The second-order valence-corrected chi connectivity index (χ2v) is 4.43. The summed E-state index contributed by atoms with van der Waals surface area (Å²) in [6, 6.07) is 0. The molecule has 0 fully saturated rings. The monoisotopic (exact) mass is 276 g/mol. The minimum Gasteiger partial charge on any atom is -0.385 e. The lowest BCUT2D eigenvalue weighted by atomic mass is 10.1. The van der Waals surface area contributed by atoms with Gasteiger partial charge in [0.1, 0.15) is 18.3 Å². The first kappa shape index (κ1) is 18.5. The van der Waals surface area contributed by atoms with Gasteiger partial charge in [0.2, 0.25) is 0 Å². The van der Waals surface area contributed by atoms with E-state index in [9.17, 15) is 10.2 Å². The van der Waals surface area contributed by atoms with Gasteiger partial charge in [-0.2, -0.15) is 0 Å². The van der Waals surface area contributed by atoms with Crippen LogP contribution in [0.15, 0.2) is 24.8 Å². The molecule has 110 valence electrons. The van der Waals surface area contributed by atoms with Crippen LogP contribution in [0.3, 0.4) is 0 Å². The number of allylic oxidation sites excluding steroid dienone is 1. The number of hydrogen-bond acceptors (Lipinski definition) is 3. The molecule has 3 unspecified atom stereocenters. The summed E-state index contributed by atoms with van der Waals surface area (Å²) >= 11 is 0. The van der Waals surface area contributed by atoms with Crippen LogP contribution in [0.1, 0.15) is 39.0 Å². The second-order valence-electron chi connectivity index (χ2n) is 4.43. The van der Waals surface area contributed by atoms with E-state index in [0.717, 1.165) is 12.8 Å². The molecule has 20 heavy (non-hydrogen) atoms. The largest absolute Gasteiger partial charge is 0.385 e. The number of aliphatic hydroxyl groups is 3. The maximum absolute atomic E-state index is 9.62. The zero-order valence-electron chi connectivity index (χ0n) is 12.0. The Bertz CT molecular complexity index is 403. The SMILES string of the molecule is C=CC(O)C#CC#CC(O)C(O)/C=C/CCCCCC. The van der Waals surface area contributed by atoms with Crippen LogP contribution in [-0.4, -0.2) is 33.6 Å². The Morgan fingerprint density at radius 2 is 1.75 bits per heavy atom. The lowest BCUT2D eigenvalue weighted by Gasteiger charge is -2.06. The van der Waals surface area contributed by atoms with E-state index in [4.69, 9.17) is 5.11 Å². The Morgan fingerprint density at radius 3 is 2.40 bits per heavy atom. The first-order valence-corrected chi connectivity index (χ1v) is 6.96. The first-order valence-electron chi connectivity index (χ1n) is 6.96. The van der Waals surface area contributed by atoms with Gasteiger partial charge in [0, 0.05) is 0 Å². The van der Waals surface area contributed by atoms with Crippen molar-refractivity contribution in [2.45, 2.75) is 57.3 Å². The fourth-order valence-electron chi connectivity index (χ4n) is 1.39. The van der Waals surface area contributed by atoms with Crippen molar-refractivity contribution in [1.29, 1.82) is 0 Å². The molecule has 3 heteroatoms. The zero-order valence-corrected chi connectivity index (χ0v) is 12.0. The number of rotatable bonds is 8. The van der Waals surface area contributed by atoms with Crippen LogP contribution in [0.5, 0.6) is 0 Å². The average Bonchev–Trinajstić information content (AvgIpc) is 2.46. The van der Waals surface area contributed by atoms with E-state index in [2.05, 4.69) is 37.2 Å². The van der Waals surface area contributed by atoms with E-state index in [1.54, 1.807) is 6.08 Å². The van der Waals surface area contributed by atoms with Gasteiger partial charge in [-0.05, 0) is 24.7 Å².